The summed E-state index contributed by atoms with van der Waals surface area (Å²) in [5.74, 6) is -0.380. The van der Waals surface area contributed by atoms with Crippen molar-refractivity contribution in [3.05, 3.63) is 46.9 Å². The van der Waals surface area contributed by atoms with Gasteiger partial charge < -0.3 is 9.47 Å². The van der Waals surface area contributed by atoms with Crippen LogP contribution in [-0.2, 0) is 16.1 Å². The summed E-state index contributed by atoms with van der Waals surface area (Å²) in [7, 11) is 1.53. The molecule has 0 aliphatic rings. The Kier molecular flexibility index (Phi) is 6.11. The van der Waals surface area contributed by atoms with Crippen LogP contribution in [0.4, 0.5) is 4.39 Å². The predicted molar refractivity (Wildman–Crippen MR) is 87.5 cm³/mol. The van der Waals surface area contributed by atoms with E-state index < -0.39 is 0 Å². The van der Waals surface area contributed by atoms with E-state index in [1.807, 2.05) is 13.2 Å². The summed E-state index contributed by atoms with van der Waals surface area (Å²) in [5, 5.41) is 10.2. The highest BCUT2D eigenvalue weighted by atomic mass is 32.2. The fourth-order valence-electron chi connectivity index (χ4n) is 2.33. The van der Waals surface area contributed by atoms with Crippen LogP contribution in [0.25, 0.3) is 11.1 Å². The zero-order chi connectivity index (χ0) is 16.8. The van der Waals surface area contributed by atoms with Gasteiger partial charge in [-0.2, -0.15) is 5.26 Å². The van der Waals surface area contributed by atoms with Gasteiger partial charge in [-0.05, 0) is 19.2 Å². The average Bonchev–Trinajstić information content (AvgIpc) is 2.56. The Labute approximate surface area is 139 Å². The van der Waals surface area contributed by atoms with Gasteiger partial charge in [0.05, 0.1) is 12.2 Å². The number of thioether (sulfide) groups is 1. The van der Waals surface area contributed by atoms with Gasteiger partial charge in [-0.1, -0.05) is 18.2 Å². The Balaban J connectivity index is 2.71. The van der Waals surface area contributed by atoms with Crippen LogP contribution in [0.3, 0.4) is 0 Å². The smallest absolute Gasteiger partial charge is 0.146 e. The van der Waals surface area contributed by atoms with Crippen LogP contribution in [0.1, 0.15) is 16.8 Å². The number of methoxy groups -OCH3 is 1. The molecular formula is C17H17FN2O2S. The lowest BCUT2D eigenvalue weighted by atomic mass is 9.95. The molecule has 0 unspecified atom stereocenters. The standard InChI is InChI=1S/C17H17FN2O2S/c1-11-14(9-22-10-21-2)16(12-6-4-5-7-15(12)18)13(8-19)17(20-11)23-3/h4-7H,9-10H2,1-3H3. The Hall–Kier alpha value is -1.94. The molecule has 0 amide bonds. The van der Waals surface area contributed by atoms with Gasteiger partial charge in [0.15, 0.2) is 0 Å². The van der Waals surface area contributed by atoms with Crippen LogP contribution in [0.15, 0.2) is 29.3 Å². The second kappa shape index (κ2) is 8.06. The summed E-state index contributed by atoms with van der Waals surface area (Å²) in [6.45, 7) is 2.14. The molecule has 0 aliphatic heterocycles. The summed E-state index contributed by atoms with van der Waals surface area (Å²) in [5.41, 5.74) is 2.69. The molecule has 120 valence electrons. The normalized spacial score (nSPS) is 10.6. The Morgan fingerprint density at radius 3 is 2.70 bits per heavy atom. The maximum Gasteiger partial charge on any atom is 0.146 e. The molecule has 0 saturated heterocycles. The molecule has 0 aliphatic carbocycles. The molecule has 1 aromatic carbocycles. The van der Waals surface area contributed by atoms with Crippen molar-refractivity contribution in [3.8, 4) is 17.2 Å². The van der Waals surface area contributed by atoms with E-state index in [4.69, 9.17) is 9.47 Å². The number of benzene rings is 1. The summed E-state index contributed by atoms with van der Waals surface area (Å²) in [4.78, 5) is 4.45. The van der Waals surface area contributed by atoms with Crippen LogP contribution in [-0.4, -0.2) is 25.1 Å². The first kappa shape index (κ1) is 17.4. The molecule has 0 N–H and O–H groups in total. The third-order valence-corrected chi connectivity index (χ3v) is 4.05. The fraction of sp³-hybridized carbons (Fsp3) is 0.294. The monoisotopic (exact) mass is 332 g/mol. The summed E-state index contributed by atoms with van der Waals surface area (Å²) < 4.78 is 24.6. The molecule has 0 atom stereocenters. The van der Waals surface area contributed by atoms with Gasteiger partial charge >= 0.3 is 0 Å². The minimum atomic E-state index is -0.380. The number of ether oxygens (including phenoxy) is 2. The van der Waals surface area contributed by atoms with Gasteiger partial charge in [0.2, 0.25) is 0 Å². The number of nitrogens with zero attached hydrogens (tertiary/aromatic N) is 2. The van der Waals surface area contributed by atoms with Gasteiger partial charge in [0.1, 0.15) is 23.7 Å². The SMILES string of the molecule is COCOCc1c(C)nc(SC)c(C#N)c1-c1ccccc1F. The predicted octanol–water partition coefficient (Wildman–Crippen LogP) is 3.91. The van der Waals surface area contributed by atoms with Crippen molar-refractivity contribution in [2.24, 2.45) is 0 Å². The Bertz CT molecular complexity index is 744. The lowest BCUT2D eigenvalue weighted by Crippen LogP contribution is -2.07. The van der Waals surface area contributed by atoms with Crippen molar-refractivity contribution in [2.45, 2.75) is 18.6 Å². The molecule has 0 bridgehead atoms. The fourth-order valence-corrected chi connectivity index (χ4v) is 2.91. The second-order valence-corrected chi connectivity index (χ2v) is 5.58. The van der Waals surface area contributed by atoms with Gasteiger partial charge in [-0.3, -0.25) is 0 Å². The molecule has 23 heavy (non-hydrogen) atoms. The Morgan fingerprint density at radius 2 is 2.09 bits per heavy atom. The molecule has 0 fully saturated rings. The number of nitriles is 1. The molecule has 2 aromatic rings. The maximum atomic E-state index is 14.3. The molecule has 0 radical (unpaired) electrons. The number of halogens is 1. The van der Waals surface area contributed by atoms with Crippen molar-refractivity contribution in [1.82, 2.24) is 4.98 Å². The van der Waals surface area contributed by atoms with E-state index in [9.17, 15) is 9.65 Å². The molecule has 1 aromatic heterocycles. The highest BCUT2D eigenvalue weighted by Crippen LogP contribution is 2.35. The molecule has 6 heteroatoms. The molecule has 0 saturated carbocycles. The summed E-state index contributed by atoms with van der Waals surface area (Å²) in [6, 6.07) is 8.57. The Morgan fingerprint density at radius 1 is 1.35 bits per heavy atom. The van der Waals surface area contributed by atoms with Crippen molar-refractivity contribution >= 4 is 11.8 Å². The largest absolute Gasteiger partial charge is 0.359 e. The van der Waals surface area contributed by atoms with E-state index in [-0.39, 0.29) is 19.2 Å². The number of aromatic nitrogens is 1. The van der Waals surface area contributed by atoms with E-state index in [2.05, 4.69) is 11.1 Å². The number of hydrogen-bond acceptors (Lipinski definition) is 5. The zero-order valence-electron chi connectivity index (χ0n) is 13.2. The van der Waals surface area contributed by atoms with Crippen LogP contribution >= 0.6 is 11.8 Å². The van der Waals surface area contributed by atoms with E-state index in [0.29, 0.717) is 33.0 Å². The number of pyridine rings is 1. The molecule has 2 rings (SSSR count). The van der Waals surface area contributed by atoms with E-state index in [1.54, 1.807) is 18.2 Å². The van der Waals surface area contributed by atoms with E-state index in [0.717, 1.165) is 0 Å². The molecular weight excluding hydrogens is 315 g/mol. The van der Waals surface area contributed by atoms with Crippen molar-refractivity contribution < 1.29 is 13.9 Å². The van der Waals surface area contributed by atoms with Crippen molar-refractivity contribution in [3.63, 3.8) is 0 Å². The first-order valence-electron chi connectivity index (χ1n) is 6.93. The van der Waals surface area contributed by atoms with Crippen molar-refractivity contribution in [2.75, 3.05) is 20.2 Å². The minimum absolute atomic E-state index is 0.113. The third kappa shape index (κ3) is 3.70. The summed E-state index contributed by atoms with van der Waals surface area (Å²) in [6.07, 6.45) is 1.84. The van der Waals surface area contributed by atoms with Crippen LogP contribution in [0.5, 0.6) is 0 Å². The van der Waals surface area contributed by atoms with E-state index >= 15 is 0 Å². The lowest BCUT2D eigenvalue weighted by molar-refractivity contribution is -0.0391. The van der Waals surface area contributed by atoms with Crippen molar-refractivity contribution in [1.29, 1.82) is 5.26 Å². The first-order chi connectivity index (χ1) is 11.1. The highest BCUT2D eigenvalue weighted by Gasteiger charge is 2.21. The van der Waals surface area contributed by atoms with Gasteiger partial charge in [0.25, 0.3) is 0 Å². The molecule has 0 spiro atoms. The molecule has 4 nitrogen and oxygen atoms in total. The third-order valence-electron chi connectivity index (χ3n) is 3.37. The molecule has 1 heterocycles. The first-order valence-corrected chi connectivity index (χ1v) is 8.15. The topological polar surface area (TPSA) is 55.1 Å². The van der Waals surface area contributed by atoms with Gasteiger partial charge in [0, 0.05) is 29.5 Å². The summed E-state index contributed by atoms with van der Waals surface area (Å²) >= 11 is 1.36. The number of rotatable bonds is 6. The average molecular weight is 332 g/mol. The number of hydrogen-bond donors (Lipinski definition) is 0. The van der Waals surface area contributed by atoms with Crippen LogP contribution in [0.2, 0.25) is 0 Å². The van der Waals surface area contributed by atoms with Gasteiger partial charge in [-0.15, -0.1) is 11.8 Å². The second-order valence-electron chi connectivity index (χ2n) is 4.78. The van der Waals surface area contributed by atoms with Crippen LogP contribution in [0, 0.1) is 24.1 Å². The highest BCUT2D eigenvalue weighted by molar-refractivity contribution is 7.98. The van der Waals surface area contributed by atoms with Gasteiger partial charge in [-0.25, -0.2) is 9.37 Å². The zero-order valence-corrected chi connectivity index (χ0v) is 14.0. The number of aryl methyl sites for hydroxylation is 1. The maximum absolute atomic E-state index is 14.3. The quantitative estimate of drug-likeness (QED) is 0.456. The minimum Gasteiger partial charge on any atom is -0.359 e. The van der Waals surface area contributed by atoms with E-state index in [1.165, 1.54) is 24.9 Å². The lowest BCUT2D eigenvalue weighted by Gasteiger charge is -2.17. The van der Waals surface area contributed by atoms with Crippen LogP contribution < -0.4 is 0 Å².